The molecule has 2 heterocycles. The van der Waals surface area contributed by atoms with Crippen LogP contribution >= 0.6 is 11.6 Å². The van der Waals surface area contributed by atoms with E-state index in [9.17, 15) is 4.79 Å². The number of nitrogens with two attached hydrogens (primary N) is 1. The minimum atomic E-state index is -0.539. The Balaban J connectivity index is 2.39. The topological polar surface area (TPSA) is 90.8 Å². The monoisotopic (exact) mass is 284 g/mol. The van der Waals surface area contributed by atoms with Gasteiger partial charge < -0.3 is 15.6 Å². The van der Waals surface area contributed by atoms with E-state index in [1.54, 1.807) is 4.68 Å². The van der Waals surface area contributed by atoms with Gasteiger partial charge in [-0.2, -0.15) is 5.10 Å². The van der Waals surface area contributed by atoms with Crippen LogP contribution in [0.5, 0.6) is 0 Å². The summed E-state index contributed by atoms with van der Waals surface area (Å²) in [6.45, 7) is 3.03. The lowest BCUT2D eigenvalue weighted by molar-refractivity contribution is 0.248. The molecule has 0 aromatic carbocycles. The van der Waals surface area contributed by atoms with Gasteiger partial charge in [-0.15, -0.1) is 11.6 Å². The standard InChI is InChI=1S/C11H17ClN6O/c1-3-7-9-10(17(2)16-7)18(8(6-12)15-9)5-4-14-11(13)19/h3-6H2,1-2H3,(H3,13,14,19). The zero-order valence-electron chi connectivity index (χ0n) is 11.0. The first-order chi connectivity index (χ1) is 9.08. The third kappa shape index (κ3) is 2.51. The maximum absolute atomic E-state index is 10.7. The molecule has 0 radical (unpaired) electrons. The molecule has 0 saturated carbocycles. The van der Waals surface area contributed by atoms with E-state index in [1.807, 2.05) is 18.5 Å². The molecular formula is C11H17ClN6O. The second kappa shape index (κ2) is 5.48. The van der Waals surface area contributed by atoms with Gasteiger partial charge in [0.1, 0.15) is 11.3 Å². The first kappa shape index (κ1) is 13.7. The predicted octanol–water partition coefficient (Wildman–Crippen LogP) is 0.739. The zero-order valence-corrected chi connectivity index (χ0v) is 11.7. The molecule has 2 rings (SSSR count). The number of alkyl halides is 1. The Bertz CT molecular complexity index is 602. The summed E-state index contributed by atoms with van der Waals surface area (Å²) in [5.41, 5.74) is 7.79. The van der Waals surface area contributed by atoms with Crippen LogP contribution in [0.2, 0.25) is 0 Å². The van der Waals surface area contributed by atoms with E-state index in [1.165, 1.54) is 0 Å². The molecule has 0 fully saturated rings. The summed E-state index contributed by atoms with van der Waals surface area (Å²) >= 11 is 5.92. The summed E-state index contributed by atoms with van der Waals surface area (Å²) in [6, 6.07) is -0.539. The molecule has 0 spiro atoms. The molecule has 2 aromatic heterocycles. The van der Waals surface area contributed by atoms with Crippen LogP contribution in [0.4, 0.5) is 4.79 Å². The molecule has 19 heavy (non-hydrogen) atoms. The van der Waals surface area contributed by atoms with Gasteiger partial charge in [-0.1, -0.05) is 6.92 Å². The number of hydrogen-bond donors (Lipinski definition) is 2. The van der Waals surface area contributed by atoms with Gasteiger partial charge in [-0.25, -0.2) is 9.78 Å². The number of carbonyl (C=O) groups is 1. The summed E-state index contributed by atoms with van der Waals surface area (Å²) in [4.78, 5) is 15.2. The lowest BCUT2D eigenvalue weighted by Gasteiger charge is -2.08. The van der Waals surface area contributed by atoms with E-state index in [0.717, 1.165) is 29.1 Å². The first-order valence-electron chi connectivity index (χ1n) is 6.08. The summed E-state index contributed by atoms with van der Waals surface area (Å²) < 4.78 is 3.76. The summed E-state index contributed by atoms with van der Waals surface area (Å²) in [5.74, 6) is 1.08. The lowest BCUT2D eigenvalue weighted by atomic mass is 10.3. The maximum Gasteiger partial charge on any atom is 0.312 e. The number of amides is 2. The van der Waals surface area contributed by atoms with Crippen LogP contribution in [0.25, 0.3) is 11.2 Å². The molecule has 0 aliphatic heterocycles. The Morgan fingerprint density at radius 3 is 2.84 bits per heavy atom. The highest BCUT2D eigenvalue weighted by Gasteiger charge is 2.17. The smallest absolute Gasteiger partial charge is 0.312 e. The van der Waals surface area contributed by atoms with Gasteiger partial charge in [0.25, 0.3) is 0 Å². The average molecular weight is 285 g/mol. The van der Waals surface area contributed by atoms with Gasteiger partial charge in [-0.3, -0.25) is 4.68 Å². The predicted molar refractivity (Wildman–Crippen MR) is 73.0 cm³/mol. The highest BCUT2D eigenvalue weighted by Crippen LogP contribution is 2.20. The molecule has 0 unspecified atom stereocenters. The second-order valence-electron chi connectivity index (χ2n) is 4.20. The molecule has 0 atom stereocenters. The van der Waals surface area contributed by atoms with Crippen molar-refractivity contribution in [3.8, 4) is 0 Å². The van der Waals surface area contributed by atoms with Crippen LogP contribution in [0, 0.1) is 0 Å². The van der Waals surface area contributed by atoms with E-state index < -0.39 is 6.03 Å². The van der Waals surface area contributed by atoms with Crippen molar-refractivity contribution in [3.63, 3.8) is 0 Å². The summed E-state index contributed by atoms with van der Waals surface area (Å²) in [7, 11) is 1.87. The molecule has 104 valence electrons. The van der Waals surface area contributed by atoms with Crippen molar-refractivity contribution in [1.29, 1.82) is 0 Å². The Kier molecular flexibility index (Phi) is 3.94. The highest BCUT2D eigenvalue weighted by molar-refractivity contribution is 6.16. The van der Waals surface area contributed by atoms with Crippen LogP contribution < -0.4 is 11.1 Å². The first-order valence-corrected chi connectivity index (χ1v) is 6.62. The number of rotatable bonds is 5. The van der Waals surface area contributed by atoms with Crippen LogP contribution in [-0.4, -0.2) is 31.9 Å². The minimum Gasteiger partial charge on any atom is -0.352 e. The Morgan fingerprint density at radius 1 is 1.53 bits per heavy atom. The van der Waals surface area contributed by atoms with Gasteiger partial charge in [-0.05, 0) is 6.42 Å². The lowest BCUT2D eigenvalue weighted by Crippen LogP contribution is -2.32. The van der Waals surface area contributed by atoms with Gasteiger partial charge in [0.05, 0.1) is 11.6 Å². The Morgan fingerprint density at radius 2 is 2.26 bits per heavy atom. The third-order valence-electron chi connectivity index (χ3n) is 2.96. The van der Waals surface area contributed by atoms with Crippen molar-refractivity contribution < 1.29 is 4.79 Å². The number of nitrogens with zero attached hydrogens (tertiary/aromatic N) is 4. The van der Waals surface area contributed by atoms with Crippen LogP contribution in [0.1, 0.15) is 18.4 Å². The number of aromatic nitrogens is 4. The SMILES string of the molecule is CCc1nn(C)c2c1nc(CCl)n2CCNC(N)=O. The number of nitrogens with one attached hydrogen (secondary N) is 1. The van der Waals surface area contributed by atoms with Crippen LogP contribution in [0.3, 0.4) is 0 Å². The van der Waals surface area contributed by atoms with Crippen molar-refractivity contribution in [1.82, 2.24) is 24.6 Å². The van der Waals surface area contributed by atoms with Crippen LogP contribution in [-0.2, 0) is 25.9 Å². The van der Waals surface area contributed by atoms with Crippen molar-refractivity contribution >= 4 is 28.8 Å². The number of hydrogen-bond acceptors (Lipinski definition) is 3. The molecule has 8 heteroatoms. The Labute approximate surface area is 115 Å². The fourth-order valence-corrected chi connectivity index (χ4v) is 2.36. The number of halogens is 1. The average Bonchev–Trinajstić information content (AvgIpc) is 2.87. The minimum absolute atomic E-state index is 0.314. The second-order valence-corrected chi connectivity index (χ2v) is 4.47. The molecule has 0 saturated heterocycles. The molecule has 0 bridgehead atoms. The number of primary amides is 1. The number of urea groups is 1. The Hall–Kier alpha value is -1.76. The normalized spacial score (nSPS) is 11.1. The third-order valence-corrected chi connectivity index (χ3v) is 3.20. The number of carbonyl (C=O) groups excluding carboxylic acids is 1. The fourth-order valence-electron chi connectivity index (χ4n) is 2.15. The molecule has 7 nitrogen and oxygen atoms in total. The number of fused-ring (bicyclic) bond motifs is 1. The molecule has 3 N–H and O–H groups in total. The van der Waals surface area contributed by atoms with E-state index in [4.69, 9.17) is 17.3 Å². The number of aryl methyl sites for hydroxylation is 2. The van der Waals surface area contributed by atoms with Gasteiger partial charge in [0, 0.05) is 20.1 Å². The van der Waals surface area contributed by atoms with Crippen LogP contribution in [0.15, 0.2) is 0 Å². The molecular weight excluding hydrogens is 268 g/mol. The van der Waals surface area contributed by atoms with Crippen molar-refractivity contribution in [2.45, 2.75) is 25.8 Å². The zero-order chi connectivity index (χ0) is 14.0. The highest BCUT2D eigenvalue weighted by atomic mass is 35.5. The van der Waals surface area contributed by atoms with Crippen molar-refractivity contribution in [3.05, 3.63) is 11.5 Å². The maximum atomic E-state index is 10.7. The quantitative estimate of drug-likeness (QED) is 0.793. The van der Waals surface area contributed by atoms with E-state index in [2.05, 4.69) is 15.4 Å². The van der Waals surface area contributed by atoms with Crippen molar-refractivity contribution in [2.24, 2.45) is 12.8 Å². The van der Waals surface area contributed by atoms with Gasteiger partial charge in [0.2, 0.25) is 0 Å². The summed E-state index contributed by atoms with van der Waals surface area (Å²) in [5, 5.41) is 6.98. The van der Waals surface area contributed by atoms with E-state index in [0.29, 0.717) is 19.0 Å². The molecule has 0 aliphatic carbocycles. The van der Waals surface area contributed by atoms with E-state index >= 15 is 0 Å². The molecule has 2 aromatic rings. The largest absolute Gasteiger partial charge is 0.352 e. The van der Waals surface area contributed by atoms with Gasteiger partial charge >= 0.3 is 6.03 Å². The summed E-state index contributed by atoms with van der Waals surface area (Å²) in [6.07, 6.45) is 0.815. The molecule has 2 amide bonds. The fraction of sp³-hybridized carbons (Fsp3) is 0.545. The van der Waals surface area contributed by atoms with Crippen molar-refractivity contribution in [2.75, 3.05) is 6.54 Å². The molecule has 0 aliphatic rings. The van der Waals surface area contributed by atoms with Gasteiger partial charge in [0.15, 0.2) is 5.65 Å². The van der Waals surface area contributed by atoms with E-state index in [-0.39, 0.29) is 0 Å². The number of imidazole rings is 1.